The summed E-state index contributed by atoms with van der Waals surface area (Å²) in [6.07, 6.45) is 0. The third-order valence-electron chi connectivity index (χ3n) is 6.30. The number of nitrogens with one attached hydrogen (secondary N) is 1. The quantitative estimate of drug-likeness (QED) is 0.0769. The summed E-state index contributed by atoms with van der Waals surface area (Å²) in [5.41, 5.74) is 5.56. The molecule has 21 heteroatoms. The van der Waals surface area contributed by atoms with Crippen LogP contribution in [0.3, 0.4) is 0 Å². The highest BCUT2D eigenvalue weighted by atomic mass is 35.5. The van der Waals surface area contributed by atoms with E-state index in [2.05, 4.69) is 5.32 Å². The van der Waals surface area contributed by atoms with E-state index in [0.717, 1.165) is 30.3 Å². The molecule has 7 N–H and O–H groups in total. The summed E-state index contributed by atoms with van der Waals surface area (Å²) >= 11 is 5.49. The molecule has 0 saturated carbocycles. The number of anilines is 2. The van der Waals surface area contributed by atoms with Gasteiger partial charge in [-0.25, -0.2) is 8.42 Å². The van der Waals surface area contributed by atoms with E-state index in [1.165, 1.54) is 43.5 Å². The average molecular weight is 767 g/mol. The summed E-state index contributed by atoms with van der Waals surface area (Å²) in [5, 5.41) is 12.2. The van der Waals surface area contributed by atoms with Gasteiger partial charge in [-0.3, -0.25) is 18.5 Å². The number of fused-ring (bicyclic) bond motifs is 1. The van der Waals surface area contributed by atoms with Gasteiger partial charge in [-0.15, -0.1) is 11.6 Å². The minimum Gasteiger partial charge on any atom is -0.507 e. The van der Waals surface area contributed by atoms with Crippen molar-refractivity contribution in [2.75, 3.05) is 29.8 Å². The van der Waals surface area contributed by atoms with Crippen LogP contribution in [0.2, 0.25) is 0 Å². The molecule has 0 fully saturated rings. The molecule has 48 heavy (non-hydrogen) atoms. The average Bonchev–Trinajstić information content (AvgIpc) is 2.96. The van der Waals surface area contributed by atoms with Gasteiger partial charge in [0.05, 0.1) is 39.8 Å². The molecule has 0 saturated heterocycles. The SMILES string of the molecule is COc1cc(S(=O)(=O)O)ccc1N.O=C(Nc1cc2c(O)cc(S(=O)(=O)O)cc2cc1S(=O)(=O)O)c1cccc(CS(=O)(=O)CCCl)c1. The second-order valence-electron chi connectivity index (χ2n) is 9.78. The first kappa shape index (κ1) is 38.4. The largest absolute Gasteiger partial charge is 0.507 e. The number of nitrogens with two attached hydrogens (primary N) is 1. The number of carbonyl (C=O) groups is 1. The Labute approximate surface area is 280 Å². The number of sulfone groups is 1. The first-order valence-corrected chi connectivity index (χ1v) is 19.6. The number of hydrogen-bond acceptors (Lipinski definition) is 12. The number of amides is 1. The highest BCUT2D eigenvalue weighted by molar-refractivity contribution is 7.90. The van der Waals surface area contributed by atoms with Gasteiger partial charge in [-0.2, -0.15) is 25.3 Å². The van der Waals surface area contributed by atoms with E-state index in [4.69, 9.17) is 26.6 Å². The molecule has 4 rings (SSSR count). The van der Waals surface area contributed by atoms with Crippen molar-refractivity contribution in [3.05, 3.63) is 77.9 Å². The van der Waals surface area contributed by atoms with Crippen LogP contribution in [0.1, 0.15) is 15.9 Å². The molecule has 4 aromatic carbocycles. The number of rotatable bonds is 10. The third-order valence-corrected chi connectivity index (χ3v) is 10.9. The Bertz CT molecular complexity index is 2330. The molecule has 0 heterocycles. The standard InChI is InChI=1S/C20H18ClNO10S3.C7H9NO4S/c21-4-5-33(25,26)11-12-2-1-3-13(6-12)20(24)22-17-10-16-14(8-19(17)35(30,31)32)7-15(9-18(16)23)34(27,28)29;1-12-7-4-5(13(9,10)11)2-3-6(7)8/h1-3,6-10,23H,4-5,11H2,(H,22,24)(H,27,28,29)(H,30,31,32);2-4H,8H2,1H3,(H,9,10,11). The lowest BCUT2D eigenvalue weighted by molar-refractivity contribution is 0.102. The van der Waals surface area contributed by atoms with Crippen LogP contribution >= 0.6 is 11.6 Å². The molecule has 0 spiro atoms. The predicted molar refractivity (Wildman–Crippen MR) is 175 cm³/mol. The molecule has 0 bridgehead atoms. The highest BCUT2D eigenvalue weighted by Crippen LogP contribution is 2.35. The van der Waals surface area contributed by atoms with Crippen molar-refractivity contribution in [3.8, 4) is 11.5 Å². The zero-order chi connectivity index (χ0) is 36.2. The number of hydrogen-bond donors (Lipinski definition) is 6. The zero-order valence-corrected chi connectivity index (χ0v) is 28.5. The first-order valence-electron chi connectivity index (χ1n) is 12.9. The second kappa shape index (κ2) is 14.6. The van der Waals surface area contributed by atoms with Crippen molar-refractivity contribution in [1.82, 2.24) is 0 Å². The van der Waals surface area contributed by atoms with Gasteiger partial charge in [0.1, 0.15) is 16.4 Å². The Balaban J connectivity index is 0.000000402. The minimum atomic E-state index is -4.95. The second-order valence-corrected chi connectivity index (χ2v) is 16.6. The van der Waals surface area contributed by atoms with Gasteiger partial charge in [-0.1, -0.05) is 12.1 Å². The number of nitrogen functional groups attached to an aromatic ring is 1. The van der Waals surface area contributed by atoms with E-state index in [-0.39, 0.29) is 49.9 Å². The Morgan fingerprint density at radius 3 is 2.04 bits per heavy atom. The van der Waals surface area contributed by atoms with Crippen molar-refractivity contribution in [1.29, 1.82) is 0 Å². The van der Waals surface area contributed by atoms with Crippen molar-refractivity contribution in [2.24, 2.45) is 0 Å². The number of phenolic OH excluding ortho intramolecular Hbond substituents is 1. The number of phenols is 1. The van der Waals surface area contributed by atoms with E-state index >= 15 is 0 Å². The number of halogens is 1. The van der Waals surface area contributed by atoms with E-state index < -0.39 is 67.3 Å². The van der Waals surface area contributed by atoms with Crippen molar-refractivity contribution in [3.63, 3.8) is 0 Å². The van der Waals surface area contributed by atoms with Crippen LogP contribution in [0, 0.1) is 0 Å². The van der Waals surface area contributed by atoms with Crippen molar-refractivity contribution in [2.45, 2.75) is 20.4 Å². The first-order chi connectivity index (χ1) is 22.1. The minimum absolute atomic E-state index is 0.0316. The van der Waals surface area contributed by atoms with E-state index in [0.29, 0.717) is 5.69 Å². The Morgan fingerprint density at radius 2 is 1.48 bits per heavy atom. The number of methoxy groups -OCH3 is 1. The highest BCUT2D eigenvalue weighted by Gasteiger charge is 2.22. The predicted octanol–water partition coefficient (Wildman–Crippen LogP) is 2.97. The molecule has 0 aliphatic heterocycles. The lowest BCUT2D eigenvalue weighted by Gasteiger charge is -2.13. The summed E-state index contributed by atoms with van der Waals surface area (Å²) in [7, 11) is -16.0. The molecule has 1 amide bonds. The van der Waals surface area contributed by atoms with E-state index in [9.17, 15) is 52.7 Å². The lowest BCUT2D eigenvalue weighted by atomic mass is 10.1. The summed E-state index contributed by atoms with van der Waals surface area (Å²) in [4.78, 5) is 11.0. The third kappa shape index (κ3) is 10.00. The molecule has 16 nitrogen and oxygen atoms in total. The van der Waals surface area contributed by atoms with Gasteiger partial charge in [0.15, 0.2) is 9.84 Å². The maximum absolute atomic E-state index is 12.8. The van der Waals surface area contributed by atoms with Crippen molar-refractivity contribution >= 4 is 79.8 Å². The molecule has 0 atom stereocenters. The fourth-order valence-electron chi connectivity index (χ4n) is 4.10. The maximum atomic E-state index is 12.8. The van der Waals surface area contributed by atoms with Crippen molar-refractivity contribution < 1.29 is 62.0 Å². The van der Waals surface area contributed by atoms with Crippen LogP contribution in [0.25, 0.3) is 10.8 Å². The van der Waals surface area contributed by atoms with Crippen LogP contribution in [0.5, 0.6) is 11.5 Å². The Morgan fingerprint density at radius 1 is 0.833 bits per heavy atom. The van der Waals surface area contributed by atoms with Gasteiger partial charge in [0.25, 0.3) is 36.3 Å². The lowest BCUT2D eigenvalue weighted by Crippen LogP contribution is -2.16. The van der Waals surface area contributed by atoms with Gasteiger partial charge < -0.3 is 20.9 Å². The van der Waals surface area contributed by atoms with Crippen LogP contribution in [0.4, 0.5) is 11.4 Å². The normalized spacial score (nSPS) is 12.2. The number of aromatic hydroxyl groups is 1. The van der Waals surface area contributed by atoms with E-state index in [1.54, 1.807) is 0 Å². The summed E-state index contributed by atoms with van der Waals surface area (Å²) in [6.45, 7) is 0. The summed E-state index contributed by atoms with van der Waals surface area (Å²) in [5.74, 6) is -2.03. The Hall–Kier alpha value is -4.02. The van der Waals surface area contributed by atoms with Crippen LogP contribution in [0.15, 0.2) is 81.4 Å². The molecule has 0 aliphatic carbocycles. The monoisotopic (exact) mass is 766 g/mol. The van der Waals surface area contributed by atoms with Gasteiger partial charge in [-0.05, 0) is 53.4 Å². The number of ether oxygens (including phenoxy) is 1. The molecule has 0 aromatic heterocycles. The van der Waals surface area contributed by atoms with Gasteiger partial charge >= 0.3 is 0 Å². The smallest absolute Gasteiger partial charge is 0.296 e. The molecular weight excluding hydrogens is 740 g/mol. The number of alkyl halides is 1. The van der Waals surface area contributed by atoms with Gasteiger partial charge in [0.2, 0.25) is 0 Å². The van der Waals surface area contributed by atoms with E-state index in [1.807, 2.05) is 0 Å². The fourth-order valence-corrected chi connectivity index (χ4v) is 7.56. The molecule has 260 valence electrons. The maximum Gasteiger partial charge on any atom is 0.296 e. The molecule has 4 aromatic rings. The van der Waals surface area contributed by atoms with Crippen LogP contribution in [-0.4, -0.2) is 77.1 Å². The van der Waals surface area contributed by atoms with Crippen LogP contribution in [-0.2, 0) is 45.9 Å². The molecular formula is C27H27ClN2O14S4. The summed E-state index contributed by atoms with van der Waals surface area (Å²) in [6, 6.07) is 12.6. The summed E-state index contributed by atoms with van der Waals surface area (Å²) < 4.78 is 124. The molecule has 0 unspecified atom stereocenters. The van der Waals surface area contributed by atoms with Crippen LogP contribution < -0.4 is 15.8 Å². The fraction of sp³-hybridized carbons (Fsp3) is 0.148. The number of benzene rings is 4. The zero-order valence-electron chi connectivity index (χ0n) is 24.4. The van der Waals surface area contributed by atoms with Gasteiger partial charge in [0, 0.05) is 29.0 Å². The molecule has 0 radical (unpaired) electrons. The number of carbonyl (C=O) groups excluding carboxylic acids is 1. The topological polar surface area (TPSA) is 282 Å². The Kier molecular flexibility index (Phi) is 11.7. The molecule has 0 aliphatic rings.